The molecule has 3 heteroatoms. The highest BCUT2D eigenvalue weighted by Crippen LogP contribution is 2.29. The average Bonchev–Trinajstić information content (AvgIpc) is 2.82. The van der Waals surface area contributed by atoms with Gasteiger partial charge in [-0.2, -0.15) is 0 Å². The second-order valence-corrected chi connectivity index (χ2v) is 4.36. The third-order valence-electron chi connectivity index (χ3n) is 3.43. The molecule has 15 heavy (non-hydrogen) atoms. The molecular formula is C12H16N2O. The van der Waals surface area contributed by atoms with Crippen LogP contribution in [0.5, 0.6) is 0 Å². The zero-order valence-electron chi connectivity index (χ0n) is 8.83. The summed E-state index contributed by atoms with van der Waals surface area (Å²) in [4.78, 5) is 4.33. The molecule has 0 aromatic carbocycles. The van der Waals surface area contributed by atoms with Crippen molar-refractivity contribution in [3.05, 3.63) is 29.1 Å². The van der Waals surface area contributed by atoms with E-state index in [9.17, 15) is 0 Å². The van der Waals surface area contributed by atoms with Gasteiger partial charge in [0.15, 0.2) is 0 Å². The van der Waals surface area contributed by atoms with E-state index in [1.165, 1.54) is 23.1 Å². The van der Waals surface area contributed by atoms with E-state index in [0.717, 1.165) is 32.7 Å². The van der Waals surface area contributed by atoms with Gasteiger partial charge >= 0.3 is 0 Å². The number of ether oxygens (including phenoxy) is 1. The van der Waals surface area contributed by atoms with Crippen LogP contribution in [0, 0.1) is 0 Å². The van der Waals surface area contributed by atoms with E-state index < -0.39 is 0 Å². The molecule has 2 aliphatic heterocycles. The van der Waals surface area contributed by atoms with Crippen LogP contribution in [-0.4, -0.2) is 24.7 Å². The first kappa shape index (κ1) is 9.31. The van der Waals surface area contributed by atoms with Crippen molar-refractivity contribution in [3.63, 3.8) is 0 Å². The van der Waals surface area contributed by atoms with Gasteiger partial charge in [-0.3, -0.25) is 4.98 Å². The summed E-state index contributed by atoms with van der Waals surface area (Å²) in [6.07, 6.45) is 6.32. The van der Waals surface area contributed by atoms with Crippen molar-refractivity contribution < 1.29 is 4.74 Å². The Balaban J connectivity index is 1.99. The second-order valence-electron chi connectivity index (χ2n) is 4.36. The summed E-state index contributed by atoms with van der Waals surface area (Å²) in [5.41, 5.74) is 4.26. The number of hydrogen-bond acceptors (Lipinski definition) is 3. The van der Waals surface area contributed by atoms with Crippen molar-refractivity contribution in [1.82, 2.24) is 10.3 Å². The first-order valence-electron chi connectivity index (χ1n) is 5.69. The standard InChI is InChI=1S/C12H16N2O/c1-3-13-5-9(1)12-7-14-6-10-8-15-4-2-11(10)12/h6-7,9,13H,1-5,8H2. The number of pyridine rings is 1. The van der Waals surface area contributed by atoms with Crippen LogP contribution in [-0.2, 0) is 17.8 Å². The Labute approximate surface area is 89.9 Å². The molecule has 80 valence electrons. The number of nitrogens with one attached hydrogen (secondary N) is 1. The Morgan fingerprint density at radius 3 is 3.27 bits per heavy atom. The number of nitrogens with zero attached hydrogens (tertiary/aromatic N) is 1. The fourth-order valence-corrected chi connectivity index (χ4v) is 2.61. The van der Waals surface area contributed by atoms with E-state index in [1.807, 2.05) is 6.20 Å². The Hall–Kier alpha value is -0.930. The van der Waals surface area contributed by atoms with E-state index in [4.69, 9.17) is 4.74 Å². The highest BCUT2D eigenvalue weighted by molar-refractivity contribution is 5.36. The van der Waals surface area contributed by atoms with Crippen LogP contribution in [0.2, 0.25) is 0 Å². The Bertz CT molecular complexity index is 359. The summed E-state index contributed by atoms with van der Waals surface area (Å²) in [7, 11) is 0. The van der Waals surface area contributed by atoms with Gasteiger partial charge in [0.05, 0.1) is 13.2 Å². The van der Waals surface area contributed by atoms with Gasteiger partial charge in [0.2, 0.25) is 0 Å². The number of fused-ring (bicyclic) bond motifs is 1. The minimum Gasteiger partial charge on any atom is -0.376 e. The molecule has 1 atom stereocenters. The van der Waals surface area contributed by atoms with E-state index >= 15 is 0 Å². The molecule has 0 amide bonds. The monoisotopic (exact) mass is 204 g/mol. The first-order valence-corrected chi connectivity index (χ1v) is 5.69. The zero-order chi connectivity index (χ0) is 10.1. The van der Waals surface area contributed by atoms with Gasteiger partial charge in [-0.1, -0.05) is 0 Å². The molecule has 0 bridgehead atoms. The van der Waals surface area contributed by atoms with Gasteiger partial charge < -0.3 is 10.1 Å². The summed E-state index contributed by atoms with van der Waals surface area (Å²) >= 11 is 0. The van der Waals surface area contributed by atoms with Crippen LogP contribution >= 0.6 is 0 Å². The molecule has 3 rings (SSSR count). The largest absolute Gasteiger partial charge is 0.376 e. The summed E-state index contributed by atoms with van der Waals surface area (Å²) in [5, 5.41) is 3.42. The van der Waals surface area contributed by atoms with Gasteiger partial charge in [-0.05, 0) is 42.0 Å². The summed E-state index contributed by atoms with van der Waals surface area (Å²) in [5.74, 6) is 0.672. The van der Waals surface area contributed by atoms with Gasteiger partial charge in [0, 0.05) is 18.9 Å². The van der Waals surface area contributed by atoms with Gasteiger partial charge in [0.25, 0.3) is 0 Å². The quantitative estimate of drug-likeness (QED) is 0.747. The van der Waals surface area contributed by atoms with E-state index in [2.05, 4.69) is 16.5 Å². The lowest BCUT2D eigenvalue weighted by Gasteiger charge is -2.21. The molecule has 2 aliphatic rings. The molecule has 1 unspecified atom stereocenters. The lowest BCUT2D eigenvalue weighted by molar-refractivity contribution is 0.110. The summed E-state index contributed by atoms with van der Waals surface area (Å²) in [6.45, 7) is 3.87. The fourth-order valence-electron chi connectivity index (χ4n) is 2.61. The SMILES string of the molecule is c1ncc(C2CCNC2)c2c1COCC2. The average molecular weight is 204 g/mol. The highest BCUT2D eigenvalue weighted by Gasteiger charge is 2.22. The van der Waals surface area contributed by atoms with Crippen LogP contribution in [0.15, 0.2) is 12.4 Å². The smallest absolute Gasteiger partial charge is 0.0734 e. The topological polar surface area (TPSA) is 34.2 Å². The lowest BCUT2D eigenvalue weighted by Crippen LogP contribution is -2.16. The summed E-state index contributed by atoms with van der Waals surface area (Å²) < 4.78 is 5.46. The lowest BCUT2D eigenvalue weighted by atomic mass is 9.90. The number of hydrogen-bond donors (Lipinski definition) is 1. The molecule has 1 N–H and O–H groups in total. The van der Waals surface area contributed by atoms with Crippen molar-refractivity contribution in [1.29, 1.82) is 0 Å². The van der Waals surface area contributed by atoms with Gasteiger partial charge in [-0.25, -0.2) is 0 Å². The molecule has 0 aliphatic carbocycles. The van der Waals surface area contributed by atoms with E-state index in [1.54, 1.807) is 0 Å². The molecule has 0 spiro atoms. The van der Waals surface area contributed by atoms with E-state index in [0.29, 0.717) is 5.92 Å². The number of aromatic nitrogens is 1. The highest BCUT2D eigenvalue weighted by atomic mass is 16.5. The number of rotatable bonds is 1. The van der Waals surface area contributed by atoms with Crippen molar-refractivity contribution in [3.8, 4) is 0 Å². The molecule has 3 nitrogen and oxygen atoms in total. The predicted octanol–water partition coefficient (Wildman–Crippen LogP) is 1.23. The minimum atomic E-state index is 0.672. The minimum absolute atomic E-state index is 0.672. The maximum absolute atomic E-state index is 5.46. The molecule has 3 heterocycles. The van der Waals surface area contributed by atoms with Crippen LogP contribution in [0.25, 0.3) is 0 Å². The summed E-state index contributed by atoms with van der Waals surface area (Å²) in [6, 6.07) is 0. The van der Waals surface area contributed by atoms with Crippen molar-refractivity contribution in [2.45, 2.75) is 25.4 Å². The molecule has 1 aromatic heterocycles. The third kappa shape index (κ3) is 1.66. The second kappa shape index (κ2) is 3.91. The maximum atomic E-state index is 5.46. The third-order valence-corrected chi connectivity index (χ3v) is 3.43. The van der Waals surface area contributed by atoms with Crippen LogP contribution in [0.3, 0.4) is 0 Å². The molecule has 0 saturated carbocycles. The maximum Gasteiger partial charge on any atom is 0.0734 e. The van der Waals surface area contributed by atoms with Crippen LogP contribution < -0.4 is 5.32 Å². The predicted molar refractivity (Wildman–Crippen MR) is 57.8 cm³/mol. The van der Waals surface area contributed by atoms with Crippen LogP contribution in [0.4, 0.5) is 0 Å². The Morgan fingerprint density at radius 1 is 1.40 bits per heavy atom. The normalized spacial score (nSPS) is 25.2. The van der Waals surface area contributed by atoms with Crippen LogP contribution in [0.1, 0.15) is 29.0 Å². The molecule has 1 aromatic rings. The first-order chi connectivity index (χ1) is 7.45. The van der Waals surface area contributed by atoms with Crippen molar-refractivity contribution >= 4 is 0 Å². The van der Waals surface area contributed by atoms with Crippen molar-refractivity contribution in [2.75, 3.05) is 19.7 Å². The van der Waals surface area contributed by atoms with Gasteiger partial charge in [0.1, 0.15) is 0 Å². The molecular weight excluding hydrogens is 188 g/mol. The molecule has 1 fully saturated rings. The van der Waals surface area contributed by atoms with Crippen molar-refractivity contribution in [2.24, 2.45) is 0 Å². The van der Waals surface area contributed by atoms with E-state index in [-0.39, 0.29) is 0 Å². The Morgan fingerprint density at radius 2 is 2.40 bits per heavy atom. The van der Waals surface area contributed by atoms with Gasteiger partial charge in [-0.15, -0.1) is 0 Å². The molecule has 0 radical (unpaired) electrons. The fraction of sp³-hybridized carbons (Fsp3) is 0.583. The Kier molecular flexibility index (Phi) is 2.43. The zero-order valence-corrected chi connectivity index (χ0v) is 8.83. The molecule has 1 saturated heterocycles.